The molecule has 0 unspecified atom stereocenters. The van der Waals surface area contributed by atoms with Crippen LogP contribution in [-0.4, -0.2) is 49.9 Å². The molecule has 1 aliphatic rings. The number of hydrazone groups is 1. The summed E-state index contributed by atoms with van der Waals surface area (Å²) in [6.45, 7) is 9.67. The highest BCUT2D eigenvalue weighted by molar-refractivity contribution is 7.17. The molecule has 0 saturated carbocycles. The Bertz CT molecular complexity index is 1510. The second-order valence-corrected chi connectivity index (χ2v) is 11.9. The van der Waals surface area contributed by atoms with Gasteiger partial charge in [-0.1, -0.05) is 6.92 Å². The van der Waals surface area contributed by atoms with Gasteiger partial charge in [-0.25, -0.2) is 10.2 Å². The summed E-state index contributed by atoms with van der Waals surface area (Å²) in [4.78, 5) is 39.6. The summed E-state index contributed by atoms with van der Waals surface area (Å²) in [6.07, 6.45) is 3.30. The molecule has 0 spiro atoms. The van der Waals surface area contributed by atoms with Gasteiger partial charge in [0.05, 0.1) is 31.6 Å². The van der Waals surface area contributed by atoms with Crippen LogP contribution >= 0.6 is 11.3 Å². The minimum atomic E-state index is -0.852. The number of nitrogens with zero attached hydrogens (tertiary/aromatic N) is 1. The smallest absolute Gasteiger partial charge is 0.341 e. The minimum absolute atomic E-state index is 0.00379. The predicted octanol–water partition coefficient (Wildman–Crippen LogP) is 6.02. The lowest BCUT2D eigenvalue weighted by molar-refractivity contribution is -0.127. The molecule has 234 valence electrons. The van der Waals surface area contributed by atoms with Gasteiger partial charge in [-0.3, -0.25) is 9.59 Å². The average Bonchev–Trinajstić information content (AvgIpc) is 3.34. The maximum atomic E-state index is 13.1. The summed E-state index contributed by atoms with van der Waals surface area (Å²) in [5, 5.41) is 7.45. The van der Waals surface area contributed by atoms with Gasteiger partial charge in [0.15, 0.2) is 17.6 Å². The van der Waals surface area contributed by atoms with Crippen LogP contribution in [0.3, 0.4) is 0 Å². The van der Waals surface area contributed by atoms with E-state index in [0.29, 0.717) is 44.9 Å². The summed E-state index contributed by atoms with van der Waals surface area (Å²) < 4.78 is 22.1. The SMILES string of the molecule is CCOC(=O)c1c(NC(=O)c2ccc(O[C@@H](C)C(=O)N/N=C\c3ccc(OC(C)C)c(OC)c3)cc2)sc2c1CC[C@H](C)C2. The number of amides is 2. The molecule has 0 radical (unpaired) electrons. The lowest BCUT2D eigenvalue weighted by atomic mass is 9.88. The molecule has 0 bridgehead atoms. The molecule has 1 aliphatic carbocycles. The van der Waals surface area contributed by atoms with Crippen LogP contribution in [0.4, 0.5) is 5.00 Å². The summed E-state index contributed by atoms with van der Waals surface area (Å²) in [5.41, 5.74) is 5.02. The van der Waals surface area contributed by atoms with E-state index >= 15 is 0 Å². The molecule has 11 heteroatoms. The van der Waals surface area contributed by atoms with E-state index in [1.807, 2.05) is 13.8 Å². The molecular formula is C33H39N3O7S. The molecule has 0 fully saturated rings. The third-order valence-corrected chi connectivity index (χ3v) is 8.13. The second kappa shape index (κ2) is 14.9. The first-order valence-corrected chi connectivity index (χ1v) is 15.5. The fourth-order valence-electron chi connectivity index (χ4n) is 4.75. The molecule has 3 aromatic rings. The number of hydrogen-bond donors (Lipinski definition) is 2. The molecule has 1 heterocycles. The van der Waals surface area contributed by atoms with Gasteiger partial charge in [-0.15, -0.1) is 11.3 Å². The number of anilines is 1. The van der Waals surface area contributed by atoms with Gasteiger partial charge < -0.3 is 24.3 Å². The topological polar surface area (TPSA) is 125 Å². The lowest BCUT2D eigenvalue weighted by Crippen LogP contribution is -2.33. The summed E-state index contributed by atoms with van der Waals surface area (Å²) in [5.74, 6) is 0.902. The van der Waals surface area contributed by atoms with Crippen molar-refractivity contribution in [2.45, 2.75) is 66.1 Å². The number of carbonyl (C=O) groups excluding carboxylic acids is 3. The van der Waals surface area contributed by atoms with Gasteiger partial charge in [-0.2, -0.15) is 5.10 Å². The van der Waals surface area contributed by atoms with Crippen LogP contribution < -0.4 is 25.0 Å². The molecule has 0 aliphatic heterocycles. The quantitative estimate of drug-likeness (QED) is 0.144. The third-order valence-electron chi connectivity index (χ3n) is 6.96. The number of hydrogen-bond acceptors (Lipinski definition) is 9. The van der Waals surface area contributed by atoms with Crippen molar-refractivity contribution in [2.75, 3.05) is 19.0 Å². The van der Waals surface area contributed by atoms with E-state index in [9.17, 15) is 14.4 Å². The van der Waals surface area contributed by atoms with Gasteiger partial charge in [0.2, 0.25) is 0 Å². The molecule has 10 nitrogen and oxygen atoms in total. The molecule has 44 heavy (non-hydrogen) atoms. The number of methoxy groups -OCH3 is 1. The Morgan fingerprint density at radius 2 is 1.82 bits per heavy atom. The minimum Gasteiger partial charge on any atom is -0.493 e. The van der Waals surface area contributed by atoms with Crippen molar-refractivity contribution < 1.29 is 33.3 Å². The highest BCUT2D eigenvalue weighted by Gasteiger charge is 2.29. The first-order valence-electron chi connectivity index (χ1n) is 14.7. The normalized spacial score (nSPS) is 14.9. The van der Waals surface area contributed by atoms with Gasteiger partial charge in [0.1, 0.15) is 10.8 Å². The van der Waals surface area contributed by atoms with Crippen molar-refractivity contribution in [2.24, 2.45) is 11.0 Å². The van der Waals surface area contributed by atoms with E-state index in [1.54, 1.807) is 63.4 Å². The highest BCUT2D eigenvalue weighted by atomic mass is 32.1. The molecular weight excluding hydrogens is 582 g/mol. The zero-order valence-corrected chi connectivity index (χ0v) is 26.7. The van der Waals surface area contributed by atoms with Crippen LogP contribution in [0.1, 0.15) is 77.8 Å². The zero-order valence-electron chi connectivity index (χ0n) is 25.9. The van der Waals surface area contributed by atoms with Crippen LogP contribution in [0.15, 0.2) is 47.6 Å². The van der Waals surface area contributed by atoms with E-state index in [-0.39, 0.29) is 18.6 Å². The maximum Gasteiger partial charge on any atom is 0.341 e. The van der Waals surface area contributed by atoms with Gasteiger partial charge in [0, 0.05) is 10.4 Å². The molecule has 2 amide bonds. The number of ether oxygens (including phenoxy) is 4. The zero-order chi connectivity index (χ0) is 31.8. The largest absolute Gasteiger partial charge is 0.493 e. The summed E-state index contributed by atoms with van der Waals surface area (Å²) in [7, 11) is 1.56. The molecule has 0 saturated heterocycles. The first kappa shape index (κ1) is 32.5. The molecule has 2 aromatic carbocycles. The summed E-state index contributed by atoms with van der Waals surface area (Å²) >= 11 is 1.44. The molecule has 4 rings (SSSR count). The molecule has 1 aromatic heterocycles. The fraction of sp³-hybridized carbons (Fsp3) is 0.394. The predicted molar refractivity (Wildman–Crippen MR) is 170 cm³/mol. The van der Waals surface area contributed by atoms with Crippen molar-refractivity contribution >= 4 is 40.3 Å². The van der Waals surface area contributed by atoms with Crippen LogP contribution in [0.25, 0.3) is 0 Å². The Morgan fingerprint density at radius 3 is 2.50 bits per heavy atom. The van der Waals surface area contributed by atoms with E-state index in [2.05, 4.69) is 22.8 Å². The summed E-state index contributed by atoms with van der Waals surface area (Å²) in [6, 6.07) is 11.8. The Morgan fingerprint density at radius 1 is 1.07 bits per heavy atom. The van der Waals surface area contributed by atoms with Crippen LogP contribution in [-0.2, 0) is 22.4 Å². The number of thiophene rings is 1. The van der Waals surface area contributed by atoms with Gasteiger partial charge >= 0.3 is 5.97 Å². The number of rotatable bonds is 12. The van der Waals surface area contributed by atoms with Crippen LogP contribution in [0.2, 0.25) is 0 Å². The number of fused-ring (bicyclic) bond motifs is 1. The maximum absolute atomic E-state index is 13.1. The number of nitrogens with one attached hydrogen (secondary N) is 2. The Kier molecular flexibility index (Phi) is 11.0. The van der Waals surface area contributed by atoms with Crippen molar-refractivity contribution in [1.29, 1.82) is 0 Å². The highest BCUT2D eigenvalue weighted by Crippen LogP contribution is 2.40. The van der Waals surface area contributed by atoms with Crippen molar-refractivity contribution in [1.82, 2.24) is 5.43 Å². The van der Waals surface area contributed by atoms with E-state index < -0.39 is 18.0 Å². The first-order chi connectivity index (χ1) is 21.1. The standard InChI is InChI=1S/C33H39N3O7S/c1-7-41-33(39)29-25-14-8-20(4)16-28(25)44-32(29)35-31(38)23-10-12-24(13-11-23)43-21(5)30(37)36-34-18-22-9-15-26(42-19(2)3)27(17-22)40-6/h9-13,15,17-21H,7-8,14,16H2,1-6H3,(H,35,38)(H,36,37)/b34-18-/t20-,21-/m0/s1. The van der Waals surface area contributed by atoms with E-state index in [1.165, 1.54) is 17.6 Å². The van der Waals surface area contributed by atoms with Crippen molar-refractivity contribution in [3.05, 3.63) is 69.6 Å². The van der Waals surface area contributed by atoms with Crippen molar-refractivity contribution in [3.8, 4) is 17.2 Å². The van der Waals surface area contributed by atoms with E-state index in [0.717, 1.165) is 29.7 Å². The number of esters is 1. The van der Waals surface area contributed by atoms with Gasteiger partial charge in [0.25, 0.3) is 11.8 Å². The number of carbonyl (C=O) groups is 3. The average molecular weight is 622 g/mol. The third kappa shape index (κ3) is 8.16. The molecule has 2 N–H and O–H groups in total. The van der Waals surface area contributed by atoms with Crippen LogP contribution in [0, 0.1) is 5.92 Å². The molecule has 2 atom stereocenters. The van der Waals surface area contributed by atoms with E-state index in [4.69, 9.17) is 18.9 Å². The lowest BCUT2D eigenvalue weighted by Gasteiger charge is -2.18. The number of benzene rings is 2. The van der Waals surface area contributed by atoms with Crippen molar-refractivity contribution in [3.63, 3.8) is 0 Å². The Hall–Kier alpha value is -4.38. The fourth-order valence-corrected chi connectivity index (χ4v) is 6.15. The monoisotopic (exact) mass is 621 g/mol. The Labute approximate surface area is 261 Å². The second-order valence-electron chi connectivity index (χ2n) is 10.8. The van der Waals surface area contributed by atoms with Crippen LogP contribution in [0.5, 0.6) is 17.2 Å². The Balaban J connectivity index is 1.35. The van der Waals surface area contributed by atoms with Gasteiger partial charge in [-0.05, 0) is 106 Å².